The number of nitro benzene ring substituents is 1. The first-order valence-corrected chi connectivity index (χ1v) is 5.88. The predicted octanol–water partition coefficient (Wildman–Crippen LogP) is 1.08. The van der Waals surface area contributed by atoms with Crippen LogP contribution in [0.1, 0.15) is 5.56 Å². The highest BCUT2D eigenvalue weighted by atomic mass is 35.5. The lowest BCUT2D eigenvalue weighted by atomic mass is 10.1. The first-order valence-electron chi connectivity index (χ1n) is 5.34. The standard InChI is InChI=1S/C11H11ClN2O4/c12-5-9(15)6-13-10-2-1-8(14(17)18)3-7(10)4-11(13)16/h1-3,9,15H,4-6H2. The fourth-order valence-corrected chi connectivity index (χ4v) is 2.04. The minimum atomic E-state index is -0.809. The Hall–Kier alpha value is -1.66. The second-order valence-electron chi connectivity index (χ2n) is 4.06. The smallest absolute Gasteiger partial charge is 0.269 e. The molecule has 1 heterocycles. The van der Waals surface area contributed by atoms with Gasteiger partial charge in [-0.25, -0.2) is 0 Å². The summed E-state index contributed by atoms with van der Waals surface area (Å²) >= 11 is 5.49. The summed E-state index contributed by atoms with van der Waals surface area (Å²) in [4.78, 5) is 23.3. The number of hydrogen-bond donors (Lipinski definition) is 1. The lowest BCUT2D eigenvalue weighted by molar-refractivity contribution is -0.384. The molecule has 6 nitrogen and oxygen atoms in total. The van der Waals surface area contributed by atoms with E-state index in [-0.39, 0.29) is 30.4 Å². The maximum Gasteiger partial charge on any atom is 0.269 e. The van der Waals surface area contributed by atoms with Crippen LogP contribution in [0.3, 0.4) is 0 Å². The number of carbonyl (C=O) groups excluding carboxylic acids is 1. The van der Waals surface area contributed by atoms with E-state index in [4.69, 9.17) is 11.6 Å². The molecular weight excluding hydrogens is 260 g/mol. The van der Waals surface area contributed by atoms with Gasteiger partial charge in [-0.15, -0.1) is 11.6 Å². The van der Waals surface area contributed by atoms with Gasteiger partial charge in [0.1, 0.15) is 0 Å². The number of carbonyl (C=O) groups is 1. The monoisotopic (exact) mass is 270 g/mol. The number of non-ortho nitro benzene ring substituents is 1. The van der Waals surface area contributed by atoms with Gasteiger partial charge in [0.05, 0.1) is 29.9 Å². The molecule has 1 atom stereocenters. The van der Waals surface area contributed by atoms with Crippen molar-refractivity contribution in [1.29, 1.82) is 0 Å². The number of anilines is 1. The number of β-amino-alcohol motifs (C(OH)–C–C–N with tert-alkyl or cyclic N) is 1. The fourth-order valence-electron chi connectivity index (χ4n) is 1.94. The zero-order valence-corrected chi connectivity index (χ0v) is 10.1. The molecule has 1 aliphatic heterocycles. The van der Waals surface area contributed by atoms with Crippen LogP contribution in [0.5, 0.6) is 0 Å². The zero-order chi connectivity index (χ0) is 13.3. The van der Waals surface area contributed by atoms with Gasteiger partial charge in [0.15, 0.2) is 0 Å². The van der Waals surface area contributed by atoms with Crippen LogP contribution in [-0.4, -0.2) is 34.5 Å². The molecule has 0 fully saturated rings. The Morgan fingerprint density at radius 3 is 2.89 bits per heavy atom. The number of nitrogens with zero attached hydrogens (tertiary/aromatic N) is 2. The molecule has 1 amide bonds. The SMILES string of the molecule is O=C1Cc2cc([N+](=O)[O-])ccc2N1CC(O)CCl. The first kappa shape index (κ1) is 12.8. The Morgan fingerprint density at radius 2 is 2.28 bits per heavy atom. The lowest BCUT2D eigenvalue weighted by Crippen LogP contribution is -2.35. The van der Waals surface area contributed by atoms with Crippen molar-refractivity contribution in [2.75, 3.05) is 17.3 Å². The van der Waals surface area contributed by atoms with Crippen molar-refractivity contribution in [3.05, 3.63) is 33.9 Å². The quantitative estimate of drug-likeness (QED) is 0.504. The van der Waals surface area contributed by atoms with Crippen molar-refractivity contribution in [3.8, 4) is 0 Å². The van der Waals surface area contributed by atoms with Crippen LogP contribution in [0, 0.1) is 10.1 Å². The number of fused-ring (bicyclic) bond motifs is 1. The van der Waals surface area contributed by atoms with Gasteiger partial charge in [0.2, 0.25) is 5.91 Å². The van der Waals surface area contributed by atoms with Crippen molar-refractivity contribution in [2.45, 2.75) is 12.5 Å². The molecule has 1 aliphatic rings. The molecule has 0 aromatic heterocycles. The fraction of sp³-hybridized carbons (Fsp3) is 0.364. The largest absolute Gasteiger partial charge is 0.390 e. The van der Waals surface area contributed by atoms with Gasteiger partial charge in [-0.05, 0) is 11.6 Å². The van der Waals surface area contributed by atoms with E-state index in [2.05, 4.69) is 0 Å². The topological polar surface area (TPSA) is 83.7 Å². The van der Waals surface area contributed by atoms with E-state index in [0.29, 0.717) is 11.3 Å². The second kappa shape index (κ2) is 4.91. The van der Waals surface area contributed by atoms with E-state index >= 15 is 0 Å². The van der Waals surface area contributed by atoms with E-state index < -0.39 is 11.0 Å². The summed E-state index contributed by atoms with van der Waals surface area (Å²) in [5, 5.41) is 20.1. The highest BCUT2D eigenvalue weighted by molar-refractivity contribution is 6.18. The zero-order valence-electron chi connectivity index (χ0n) is 9.38. The third kappa shape index (κ3) is 2.30. The van der Waals surface area contributed by atoms with Gasteiger partial charge in [-0.3, -0.25) is 14.9 Å². The third-order valence-electron chi connectivity index (χ3n) is 2.78. The lowest BCUT2D eigenvalue weighted by Gasteiger charge is -2.19. The van der Waals surface area contributed by atoms with E-state index in [0.717, 1.165) is 0 Å². The number of amides is 1. The van der Waals surface area contributed by atoms with Gasteiger partial charge >= 0.3 is 0 Å². The minimum absolute atomic E-state index is 0.0338. The van der Waals surface area contributed by atoms with Crippen LogP contribution in [0.25, 0.3) is 0 Å². The predicted molar refractivity (Wildman–Crippen MR) is 65.9 cm³/mol. The maximum absolute atomic E-state index is 11.8. The summed E-state index contributed by atoms with van der Waals surface area (Å²) in [5.74, 6) is -0.152. The molecule has 0 radical (unpaired) electrons. The molecule has 2 rings (SSSR count). The second-order valence-corrected chi connectivity index (χ2v) is 4.37. The summed E-state index contributed by atoms with van der Waals surface area (Å²) in [7, 11) is 0. The molecule has 0 saturated heterocycles. The van der Waals surface area contributed by atoms with E-state index in [1.54, 1.807) is 0 Å². The molecule has 0 aliphatic carbocycles. The van der Waals surface area contributed by atoms with Crippen LogP contribution in [-0.2, 0) is 11.2 Å². The van der Waals surface area contributed by atoms with Crippen molar-refractivity contribution in [3.63, 3.8) is 0 Å². The van der Waals surface area contributed by atoms with Crippen LogP contribution < -0.4 is 4.90 Å². The summed E-state index contributed by atoms with van der Waals surface area (Å²) in [5.41, 5.74) is 1.17. The third-order valence-corrected chi connectivity index (χ3v) is 3.14. The van der Waals surface area contributed by atoms with Gasteiger partial charge < -0.3 is 10.0 Å². The Labute approximate surface area is 108 Å². The number of alkyl halides is 1. The molecule has 7 heteroatoms. The average Bonchev–Trinajstić information content (AvgIpc) is 2.64. The average molecular weight is 271 g/mol. The van der Waals surface area contributed by atoms with E-state index in [1.807, 2.05) is 0 Å². The number of rotatable bonds is 4. The van der Waals surface area contributed by atoms with E-state index in [9.17, 15) is 20.0 Å². The molecular formula is C11H11ClN2O4. The molecule has 0 saturated carbocycles. The molecule has 0 spiro atoms. The van der Waals surface area contributed by atoms with Gasteiger partial charge in [-0.2, -0.15) is 0 Å². The van der Waals surface area contributed by atoms with Crippen molar-refractivity contribution < 1.29 is 14.8 Å². The maximum atomic E-state index is 11.8. The first-order chi connectivity index (χ1) is 8.52. The normalized spacial score (nSPS) is 15.7. The Kier molecular flexibility index (Phi) is 3.49. The van der Waals surface area contributed by atoms with Gasteiger partial charge in [-0.1, -0.05) is 0 Å². The number of aliphatic hydroxyl groups is 1. The molecule has 96 valence electrons. The molecule has 0 bridgehead atoms. The molecule has 1 aromatic rings. The number of halogens is 1. The Bertz CT molecular complexity index is 506. The van der Waals surface area contributed by atoms with Crippen molar-refractivity contribution in [2.24, 2.45) is 0 Å². The number of aliphatic hydroxyl groups excluding tert-OH is 1. The van der Waals surface area contributed by atoms with Gasteiger partial charge in [0, 0.05) is 17.8 Å². The molecule has 1 N–H and O–H groups in total. The minimum Gasteiger partial charge on any atom is -0.390 e. The highest BCUT2D eigenvalue weighted by Crippen LogP contribution is 2.31. The van der Waals surface area contributed by atoms with Crippen molar-refractivity contribution in [1.82, 2.24) is 0 Å². The van der Waals surface area contributed by atoms with Crippen LogP contribution in [0.2, 0.25) is 0 Å². The van der Waals surface area contributed by atoms with E-state index in [1.165, 1.54) is 23.1 Å². The Balaban J connectivity index is 2.29. The summed E-state index contributed by atoms with van der Waals surface area (Å²) in [6.45, 7) is 0.104. The summed E-state index contributed by atoms with van der Waals surface area (Å²) in [6.07, 6.45) is -0.691. The Morgan fingerprint density at radius 1 is 1.56 bits per heavy atom. The van der Waals surface area contributed by atoms with Crippen LogP contribution in [0.15, 0.2) is 18.2 Å². The van der Waals surface area contributed by atoms with Crippen LogP contribution >= 0.6 is 11.6 Å². The summed E-state index contributed by atoms with van der Waals surface area (Å²) < 4.78 is 0. The summed E-state index contributed by atoms with van der Waals surface area (Å²) in [6, 6.07) is 4.26. The number of nitro groups is 1. The van der Waals surface area contributed by atoms with Crippen molar-refractivity contribution >= 4 is 28.9 Å². The number of hydrogen-bond acceptors (Lipinski definition) is 4. The molecule has 18 heavy (non-hydrogen) atoms. The molecule has 1 aromatic carbocycles. The highest BCUT2D eigenvalue weighted by Gasteiger charge is 2.29. The number of benzene rings is 1. The van der Waals surface area contributed by atoms with Gasteiger partial charge in [0.25, 0.3) is 5.69 Å². The van der Waals surface area contributed by atoms with Crippen LogP contribution in [0.4, 0.5) is 11.4 Å². The molecule has 1 unspecified atom stereocenters.